The Morgan fingerprint density at radius 2 is 1.95 bits per heavy atom. The first-order valence-corrected chi connectivity index (χ1v) is 12.6. The lowest BCUT2D eigenvalue weighted by Gasteiger charge is -2.31. The monoisotopic (exact) mass is 492 g/mol. The predicted octanol–water partition coefficient (Wildman–Crippen LogP) is 4.91. The van der Waals surface area contributed by atoms with Crippen LogP contribution in [0.2, 0.25) is 0 Å². The summed E-state index contributed by atoms with van der Waals surface area (Å²) in [5.74, 6) is 1.24. The summed E-state index contributed by atoms with van der Waals surface area (Å²) >= 11 is 0. The number of H-pyrrole nitrogens is 1. The third kappa shape index (κ3) is 4.46. The highest BCUT2D eigenvalue weighted by molar-refractivity contribution is 5.83. The van der Waals surface area contributed by atoms with Gasteiger partial charge in [0.15, 0.2) is 0 Å². The van der Waals surface area contributed by atoms with Crippen LogP contribution in [0.5, 0.6) is 0 Å². The molecule has 1 aromatic carbocycles. The van der Waals surface area contributed by atoms with Crippen LogP contribution in [0.4, 0.5) is 11.5 Å². The van der Waals surface area contributed by atoms with Gasteiger partial charge in [-0.25, -0.2) is 9.97 Å². The summed E-state index contributed by atoms with van der Waals surface area (Å²) < 4.78 is 0. The van der Waals surface area contributed by atoms with Gasteiger partial charge in [-0.2, -0.15) is 0 Å². The van der Waals surface area contributed by atoms with E-state index in [1.165, 1.54) is 5.56 Å². The van der Waals surface area contributed by atoms with Crippen LogP contribution >= 0.6 is 0 Å². The first-order chi connectivity index (χ1) is 18.1. The van der Waals surface area contributed by atoms with E-state index in [2.05, 4.69) is 50.9 Å². The standard InChI is InChI=1S/C29H28N6O2/c1-18(37)35-12-8-20(9-13-35)19-2-4-24(5-3-19)33-29-27-21(6-10-30-26(27)17-36)15-25(34-29)23-14-22-7-11-31-28(22)32-16-23/h2-7,10-11,14-17,20,26,30H,8-9,12-13H2,1H3,(H,31,32)(H,33,34). The lowest BCUT2D eigenvalue weighted by Crippen LogP contribution is -2.36. The van der Waals surface area contributed by atoms with Gasteiger partial charge in [-0.1, -0.05) is 12.1 Å². The van der Waals surface area contributed by atoms with Crippen LogP contribution in [0.1, 0.15) is 48.4 Å². The Bertz CT molecular complexity index is 1500. The van der Waals surface area contributed by atoms with Crippen LogP contribution in [0.25, 0.3) is 28.4 Å². The van der Waals surface area contributed by atoms with Gasteiger partial charge in [0.05, 0.1) is 5.69 Å². The molecule has 0 bridgehead atoms. The van der Waals surface area contributed by atoms with Gasteiger partial charge < -0.3 is 25.3 Å². The van der Waals surface area contributed by atoms with Crippen molar-refractivity contribution in [1.29, 1.82) is 0 Å². The first kappa shape index (κ1) is 23.0. The second kappa shape index (κ2) is 9.54. The molecule has 0 saturated carbocycles. The van der Waals surface area contributed by atoms with Crippen LogP contribution in [0, 0.1) is 0 Å². The lowest BCUT2D eigenvalue weighted by molar-refractivity contribution is -0.129. The van der Waals surface area contributed by atoms with Gasteiger partial charge >= 0.3 is 0 Å². The fourth-order valence-corrected chi connectivity index (χ4v) is 5.30. The first-order valence-electron chi connectivity index (χ1n) is 12.6. The average Bonchev–Trinajstić information content (AvgIpc) is 3.41. The number of aromatic amines is 1. The number of aromatic nitrogens is 3. The Balaban J connectivity index is 1.31. The molecule has 1 unspecified atom stereocenters. The van der Waals surface area contributed by atoms with E-state index < -0.39 is 6.04 Å². The summed E-state index contributed by atoms with van der Waals surface area (Å²) in [6.45, 7) is 3.25. The molecule has 3 N–H and O–H groups in total. The second-order valence-corrected chi connectivity index (χ2v) is 9.64. The SMILES string of the molecule is CC(=O)N1CCC(c2ccc(Nc3nc(-c4cnc5[nH]ccc5c4)cc4c3C(C=O)NC=C4)cc2)CC1. The van der Waals surface area contributed by atoms with Crippen molar-refractivity contribution in [3.05, 3.63) is 77.7 Å². The molecule has 1 atom stereocenters. The number of hydrogen-bond donors (Lipinski definition) is 3. The Kier molecular flexibility index (Phi) is 5.92. The maximum absolute atomic E-state index is 11.9. The zero-order valence-corrected chi connectivity index (χ0v) is 20.6. The minimum Gasteiger partial charge on any atom is -0.378 e. The van der Waals surface area contributed by atoms with Crippen molar-refractivity contribution in [3.63, 3.8) is 0 Å². The molecule has 5 heterocycles. The molecule has 37 heavy (non-hydrogen) atoms. The Morgan fingerprint density at radius 1 is 1.14 bits per heavy atom. The van der Waals surface area contributed by atoms with E-state index in [0.717, 1.165) is 71.3 Å². The Morgan fingerprint density at radius 3 is 2.70 bits per heavy atom. The highest BCUT2D eigenvalue weighted by Gasteiger charge is 2.24. The number of aldehydes is 1. The van der Waals surface area contributed by atoms with E-state index in [0.29, 0.717) is 11.7 Å². The molecule has 8 nitrogen and oxygen atoms in total. The molecule has 3 aromatic heterocycles. The fraction of sp³-hybridized carbons (Fsp3) is 0.241. The molecule has 0 radical (unpaired) electrons. The van der Waals surface area contributed by atoms with Crippen LogP contribution in [-0.4, -0.2) is 45.1 Å². The van der Waals surface area contributed by atoms with E-state index in [4.69, 9.17) is 4.98 Å². The number of pyridine rings is 2. The van der Waals surface area contributed by atoms with Crippen LogP contribution in [0.3, 0.4) is 0 Å². The summed E-state index contributed by atoms with van der Waals surface area (Å²) in [6, 6.07) is 14.0. The van der Waals surface area contributed by atoms with E-state index in [1.807, 2.05) is 35.5 Å². The number of carbonyl (C=O) groups excluding carboxylic acids is 2. The number of likely N-dealkylation sites (tertiary alicyclic amines) is 1. The average molecular weight is 493 g/mol. The van der Waals surface area contributed by atoms with Gasteiger partial charge in [-0.3, -0.25) is 4.79 Å². The van der Waals surface area contributed by atoms with Crippen molar-refractivity contribution in [2.45, 2.75) is 31.7 Å². The van der Waals surface area contributed by atoms with Gasteiger partial charge in [0, 0.05) is 54.6 Å². The summed E-state index contributed by atoms with van der Waals surface area (Å²) in [7, 11) is 0. The Labute approximate surface area is 214 Å². The quantitative estimate of drug-likeness (QED) is 0.342. The maximum Gasteiger partial charge on any atom is 0.219 e. The molecule has 0 spiro atoms. The third-order valence-corrected chi connectivity index (χ3v) is 7.36. The predicted molar refractivity (Wildman–Crippen MR) is 144 cm³/mol. The molecule has 8 heteroatoms. The smallest absolute Gasteiger partial charge is 0.219 e. The Hall–Kier alpha value is -4.46. The molecule has 1 amide bonds. The number of fused-ring (bicyclic) bond motifs is 2. The minimum absolute atomic E-state index is 0.151. The molecule has 2 aliphatic rings. The molecule has 4 aromatic rings. The highest BCUT2D eigenvalue weighted by Crippen LogP contribution is 2.35. The van der Waals surface area contributed by atoms with Crippen LogP contribution in [-0.2, 0) is 9.59 Å². The van der Waals surface area contributed by atoms with Crippen molar-refractivity contribution < 1.29 is 9.59 Å². The molecule has 1 fully saturated rings. The minimum atomic E-state index is -0.486. The summed E-state index contributed by atoms with van der Waals surface area (Å²) in [4.78, 5) is 38.0. The normalized spacial score (nSPS) is 17.3. The van der Waals surface area contributed by atoms with Gasteiger partial charge in [-0.05, 0) is 72.5 Å². The topological polar surface area (TPSA) is 103 Å². The summed E-state index contributed by atoms with van der Waals surface area (Å²) in [6.07, 6.45) is 10.3. The second-order valence-electron chi connectivity index (χ2n) is 9.64. The van der Waals surface area contributed by atoms with Crippen molar-refractivity contribution >= 4 is 40.8 Å². The van der Waals surface area contributed by atoms with E-state index >= 15 is 0 Å². The van der Waals surface area contributed by atoms with Gasteiger partial charge in [0.1, 0.15) is 23.8 Å². The fourth-order valence-electron chi connectivity index (χ4n) is 5.30. The van der Waals surface area contributed by atoms with E-state index in [9.17, 15) is 9.59 Å². The molecule has 2 aliphatic heterocycles. The number of benzene rings is 1. The lowest BCUT2D eigenvalue weighted by atomic mass is 9.89. The number of carbonyl (C=O) groups is 2. The van der Waals surface area contributed by atoms with E-state index in [-0.39, 0.29) is 5.91 Å². The molecule has 0 aliphatic carbocycles. The molecular weight excluding hydrogens is 464 g/mol. The maximum atomic E-state index is 11.9. The van der Waals surface area contributed by atoms with Crippen LogP contribution < -0.4 is 10.6 Å². The number of anilines is 2. The third-order valence-electron chi connectivity index (χ3n) is 7.36. The van der Waals surface area contributed by atoms with Gasteiger partial charge in [-0.15, -0.1) is 0 Å². The number of nitrogens with one attached hydrogen (secondary N) is 3. The van der Waals surface area contributed by atoms with Gasteiger partial charge in [0.25, 0.3) is 0 Å². The molecule has 6 rings (SSSR count). The zero-order valence-electron chi connectivity index (χ0n) is 20.6. The van der Waals surface area contributed by atoms with Gasteiger partial charge in [0.2, 0.25) is 5.91 Å². The molecule has 1 saturated heterocycles. The summed E-state index contributed by atoms with van der Waals surface area (Å²) in [5.41, 5.74) is 6.44. The molecule has 186 valence electrons. The highest BCUT2D eigenvalue weighted by atomic mass is 16.2. The van der Waals surface area contributed by atoms with Crippen molar-refractivity contribution in [3.8, 4) is 11.3 Å². The number of nitrogens with zero attached hydrogens (tertiary/aromatic N) is 3. The number of piperidine rings is 1. The molecular formula is C29H28N6O2. The van der Waals surface area contributed by atoms with Crippen molar-refractivity contribution in [2.24, 2.45) is 0 Å². The largest absolute Gasteiger partial charge is 0.378 e. The van der Waals surface area contributed by atoms with Crippen molar-refractivity contribution in [1.82, 2.24) is 25.2 Å². The summed E-state index contributed by atoms with van der Waals surface area (Å²) in [5, 5.41) is 7.60. The number of rotatable bonds is 5. The van der Waals surface area contributed by atoms with Crippen molar-refractivity contribution in [2.75, 3.05) is 18.4 Å². The van der Waals surface area contributed by atoms with E-state index in [1.54, 1.807) is 13.1 Å². The number of amides is 1. The van der Waals surface area contributed by atoms with Crippen LogP contribution in [0.15, 0.2) is 61.1 Å². The zero-order chi connectivity index (χ0) is 25.4. The number of hydrogen-bond acceptors (Lipinski definition) is 6.